The predicted molar refractivity (Wildman–Crippen MR) is 159 cm³/mol. The van der Waals surface area contributed by atoms with E-state index in [1.54, 1.807) is 37.5 Å². The van der Waals surface area contributed by atoms with Gasteiger partial charge in [0.1, 0.15) is 17.3 Å². The standard InChI is InChI=1S/C29H33FN8O4S/c1-37-26(28(35-36-37)29(31,32)33)17-14-20-24(34-15-17)23-21(41-2)8-9-22(43(3,39)40)27(23)38(20)25(16-10-12-42-13-11-16)18-6-4-5-7-19(18)30/h4-9,14-16,25H,10-13,31-33H2,1-3H3. The molecule has 1 saturated heterocycles. The molecule has 1 atom stereocenters. The first-order valence-electron chi connectivity index (χ1n) is 13.7. The number of hydrogen-bond donors (Lipinski definition) is 3. The molecule has 4 heterocycles. The Balaban J connectivity index is 1.80. The molecule has 0 radical (unpaired) electrons. The molecule has 14 heteroatoms. The number of halogens is 1. The number of methoxy groups -OCH3 is 1. The van der Waals surface area contributed by atoms with Crippen molar-refractivity contribution in [1.29, 1.82) is 0 Å². The molecule has 1 aliphatic rings. The third kappa shape index (κ3) is 4.94. The van der Waals surface area contributed by atoms with Gasteiger partial charge in [0.25, 0.3) is 0 Å². The number of sulfone groups is 1. The lowest BCUT2D eigenvalue weighted by atomic mass is 9.86. The van der Waals surface area contributed by atoms with Crippen LogP contribution >= 0.6 is 0 Å². The molecule has 43 heavy (non-hydrogen) atoms. The number of aryl methyl sites for hydroxylation is 1. The van der Waals surface area contributed by atoms with Gasteiger partial charge in [-0.3, -0.25) is 22.2 Å². The van der Waals surface area contributed by atoms with E-state index in [1.807, 2.05) is 10.6 Å². The van der Waals surface area contributed by atoms with Crippen molar-refractivity contribution in [1.82, 2.24) is 24.5 Å². The van der Waals surface area contributed by atoms with Gasteiger partial charge in [-0.2, -0.15) is 0 Å². The first-order chi connectivity index (χ1) is 20.4. The number of nitrogens with two attached hydrogens (primary N) is 3. The van der Waals surface area contributed by atoms with Crippen molar-refractivity contribution in [2.75, 3.05) is 26.6 Å². The number of nitrogens with zero attached hydrogens (tertiary/aromatic N) is 5. The fourth-order valence-electron chi connectivity index (χ4n) is 6.18. The van der Waals surface area contributed by atoms with Crippen LogP contribution in [0.2, 0.25) is 0 Å². The fourth-order valence-corrected chi connectivity index (χ4v) is 7.05. The van der Waals surface area contributed by atoms with Gasteiger partial charge in [0, 0.05) is 43.8 Å². The fraction of sp³-hybridized carbons (Fsp3) is 0.345. The highest BCUT2D eigenvalue weighted by Crippen LogP contribution is 2.46. The van der Waals surface area contributed by atoms with E-state index in [2.05, 4.69) is 10.3 Å². The van der Waals surface area contributed by atoms with Crippen LogP contribution in [0.1, 0.15) is 30.1 Å². The van der Waals surface area contributed by atoms with Gasteiger partial charge in [0.2, 0.25) is 0 Å². The average Bonchev–Trinajstić information content (AvgIpc) is 3.52. The second kappa shape index (κ2) is 10.6. The topological polar surface area (TPSA) is 179 Å². The summed E-state index contributed by atoms with van der Waals surface area (Å²) in [6.07, 6.45) is 4.02. The summed E-state index contributed by atoms with van der Waals surface area (Å²) in [5.41, 5.74) is 21.0. The van der Waals surface area contributed by atoms with Crippen molar-refractivity contribution >= 4 is 31.8 Å². The van der Waals surface area contributed by atoms with Crippen molar-refractivity contribution < 1.29 is 22.3 Å². The lowest BCUT2D eigenvalue weighted by molar-refractivity contribution is 0.0548. The molecule has 3 aromatic heterocycles. The van der Waals surface area contributed by atoms with Crippen LogP contribution in [-0.4, -0.2) is 59.5 Å². The summed E-state index contributed by atoms with van der Waals surface area (Å²) in [4.78, 5) is 4.89. The maximum Gasteiger partial charge on any atom is 0.177 e. The van der Waals surface area contributed by atoms with Gasteiger partial charge in [-0.1, -0.05) is 23.4 Å². The summed E-state index contributed by atoms with van der Waals surface area (Å²) in [6.45, 7) is 0.988. The van der Waals surface area contributed by atoms with Gasteiger partial charge in [-0.05, 0) is 43.0 Å². The summed E-state index contributed by atoms with van der Waals surface area (Å²) < 4.78 is 57.1. The van der Waals surface area contributed by atoms with E-state index >= 15 is 4.39 Å². The molecule has 1 fully saturated rings. The van der Waals surface area contributed by atoms with Crippen molar-refractivity contribution in [2.24, 2.45) is 30.2 Å². The highest BCUT2D eigenvalue weighted by atomic mass is 32.2. The Labute approximate surface area is 247 Å². The minimum Gasteiger partial charge on any atom is -0.496 e. The summed E-state index contributed by atoms with van der Waals surface area (Å²) in [7, 11) is -0.581. The molecule has 0 spiro atoms. The second-order valence-electron chi connectivity index (χ2n) is 11.0. The van der Waals surface area contributed by atoms with Crippen LogP contribution < -0.4 is 21.9 Å². The minimum absolute atomic E-state index is 0.0732. The van der Waals surface area contributed by atoms with Crippen LogP contribution in [0.25, 0.3) is 33.2 Å². The molecule has 1 aliphatic heterocycles. The van der Waals surface area contributed by atoms with Gasteiger partial charge < -0.3 is 14.0 Å². The molecule has 0 aliphatic carbocycles. The summed E-state index contributed by atoms with van der Waals surface area (Å²) >= 11 is 0. The zero-order valence-electron chi connectivity index (χ0n) is 24.0. The van der Waals surface area contributed by atoms with Crippen molar-refractivity contribution in [3.05, 3.63) is 65.7 Å². The quantitative estimate of drug-likeness (QED) is 0.233. The van der Waals surface area contributed by atoms with E-state index in [0.29, 0.717) is 70.6 Å². The molecule has 0 saturated carbocycles. The number of aromatic nitrogens is 5. The molecule has 2 aromatic carbocycles. The Hall–Kier alpha value is -3.95. The number of pyridine rings is 1. The van der Waals surface area contributed by atoms with E-state index in [1.165, 1.54) is 23.9 Å². The number of benzene rings is 2. The number of rotatable bonds is 7. The van der Waals surface area contributed by atoms with Crippen molar-refractivity contribution in [2.45, 2.75) is 29.6 Å². The zero-order chi connectivity index (χ0) is 30.7. The van der Waals surface area contributed by atoms with Crippen LogP contribution in [0.3, 0.4) is 0 Å². The molecule has 0 amide bonds. The first kappa shape index (κ1) is 29.1. The Morgan fingerprint density at radius 1 is 1.14 bits per heavy atom. The van der Waals surface area contributed by atoms with Crippen molar-refractivity contribution in [3.63, 3.8) is 0 Å². The van der Waals surface area contributed by atoms with Crippen LogP contribution in [0.15, 0.2) is 53.6 Å². The second-order valence-corrected chi connectivity index (χ2v) is 13.0. The Kier molecular flexibility index (Phi) is 7.21. The first-order valence-corrected chi connectivity index (χ1v) is 15.6. The SMILES string of the molecule is COc1ccc(S(C)(=O)=O)c2c1c1ncc(-c3c(C(N)(N)N)nnn3C)cc1n2C(c1ccccc1F)C1CCOCC1. The van der Waals surface area contributed by atoms with Crippen LogP contribution in [0.5, 0.6) is 5.75 Å². The molecule has 6 N–H and O–H groups in total. The zero-order valence-corrected chi connectivity index (χ0v) is 24.8. The maximum atomic E-state index is 15.7. The molecule has 1 unspecified atom stereocenters. The molecule has 226 valence electrons. The van der Waals surface area contributed by atoms with E-state index in [4.69, 9.17) is 31.7 Å². The number of hydrogen-bond acceptors (Lipinski definition) is 10. The number of ether oxygens (including phenoxy) is 2. The highest BCUT2D eigenvalue weighted by molar-refractivity contribution is 7.91. The van der Waals surface area contributed by atoms with Gasteiger partial charge in [-0.25, -0.2) is 17.5 Å². The van der Waals surface area contributed by atoms with Crippen LogP contribution in [0.4, 0.5) is 4.39 Å². The molecular formula is C29H33FN8O4S. The third-order valence-electron chi connectivity index (χ3n) is 8.05. The lowest BCUT2D eigenvalue weighted by Crippen LogP contribution is -2.55. The lowest BCUT2D eigenvalue weighted by Gasteiger charge is -2.33. The Morgan fingerprint density at radius 2 is 1.86 bits per heavy atom. The normalized spacial score (nSPS) is 15.8. The summed E-state index contributed by atoms with van der Waals surface area (Å²) in [5, 5.41) is 8.66. The van der Waals surface area contributed by atoms with Gasteiger partial charge in [-0.15, -0.1) is 5.10 Å². The van der Waals surface area contributed by atoms with Gasteiger partial charge in [0.15, 0.2) is 15.6 Å². The minimum atomic E-state index is -3.76. The maximum absolute atomic E-state index is 15.7. The monoisotopic (exact) mass is 608 g/mol. The van der Waals surface area contributed by atoms with E-state index in [0.717, 1.165) is 6.26 Å². The van der Waals surface area contributed by atoms with E-state index < -0.39 is 27.5 Å². The predicted octanol–water partition coefficient (Wildman–Crippen LogP) is 2.54. The van der Waals surface area contributed by atoms with Crippen LogP contribution in [0, 0.1) is 11.7 Å². The van der Waals surface area contributed by atoms with Crippen molar-refractivity contribution in [3.8, 4) is 17.0 Å². The average molecular weight is 609 g/mol. The largest absolute Gasteiger partial charge is 0.496 e. The van der Waals surface area contributed by atoms with Gasteiger partial charge >= 0.3 is 0 Å². The van der Waals surface area contributed by atoms with Crippen LogP contribution in [-0.2, 0) is 27.4 Å². The smallest absolute Gasteiger partial charge is 0.177 e. The Bertz CT molecular complexity index is 1960. The summed E-state index contributed by atoms with van der Waals surface area (Å²) in [6, 6.07) is 10.9. The van der Waals surface area contributed by atoms with E-state index in [9.17, 15) is 8.42 Å². The molecular weight excluding hydrogens is 575 g/mol. The molecule has 12 nitrogen and oxygen atoms in total. The highest BCUT2D eigenvalue weighted by Gasteiger charge is 2.35. The summed E-state index contributed by atoms with van der Waals surface area (Å²) in [5.74, 6) is -1.86. The van der Waals surface area contributed by atoms with Gasteiger partial charge in [0.05, 0.1) is 45.7 Å². The molecule has 5 aromatic rings. The van der Waals surface area contributed by atoms with E-state index in [-0.39, 0.29) is 16.5 Å². The molecule has 6 rings (SSSR count). The number of fused-ring (bicyclic) bond motifs is 3. The Morgan fingerprint density at radius 3 is 2.51 bits per heavy atom. The molecule has 0 bridgehead atoms. The third-order valence-corrected chi connectivity index (χ3v) is 9.18.